The summed E-state index contributed by atoms with van der Waals surface area (Å²) in [6.07, 6.45) is 1.20. The highest BCUT2D eigenvalue weighted by Gasteiger charge is 2.35. The number of carbonyl (C=O) groups is 3. The van der Waals surface area contributed by atoms with Gasteiger partial charge in [-0.05, 0) is 50.1 Å². The van der Waals surface area contributed by atoms with Crippen LogP contribution >= 0.6 is 0 Å². The van der Waals surface area contributed by atoms with Gasteiger partial charge in [0.1, 0.15) is 6.04 Å². The zero-order chi connectivity index (χ0) is 23.4. The Balaban J connectivity index is 1.72. The van der Waals surface area contributed by atoms with Crippen LogP contribution in [-0.2, 0) is 9.59 Å². The lowest BCUT2D eigenvalue weighted by Gasteiger charge is -2.24. The average Bonchev–Trinajstić information content (AvgIpc) is 3.23. The second-order valence-electron chi connectivity index (χ2n) is 8.13. The smallest absolute Gasteiger partial charge is 0.272 e. The third-order valence-corrected chi connectivity index (χ3v) is 5.38. The molecule has 168 valence electrons. The Kier molecular flexibility index (Phi) is 6.87. The standard InChI is InChI=1S/C23H26N4O5/c1-14(2)21(28)24-17-6-4-7-18(13-17)25-22(29)20-8-5-11-26(20)23(30)16-9-10-19(27(31)32)15(3)12-16/h4,6-7,9-10,12-14,20H,5,8,11H2,1-3H3,(H,24,28)(H,25,29). The van der Waals surface area contributed by atoms with E-state index in [4.69, 9.17) is 0 Å². The zero-order valence-corrected chi connectivity index (χ0v) is 18.3. The number of rotatable bonds is 6. The molecule has 0 spiro atoms. The Hall–Kier alpha value is -3.75. The Morgan fingerprint density at radius 2 is 1.78 bits per heavy atom. The number of anilines is 2. The highest BCUT2D eigenvalue weighted by atomic mass is 16.6. The van der Waals surface area contributed by atoms with Gasteiger partial charge in [0.2, 0.25) is 11.8 Å². The molecule has 9 nitrogen and oxygen atoms in total. The third-order valence-electron chi connectivity index (χ3n) is 5.38. The number of likely N-dealkylation sites (tertiary alicyclic amines) is 1. The summed E-state index contributed by atoms with van der Waals surface area (Å²) in [5.74, 6) is -0.950. The predicted molar refractivity (Wildman–Crippen MR) is 120 cm³/mol. The molecule has 1 aliphatic heterocycles. The number of nitro groups is 1. The van der Waals surface area contributed by atoms with Gasteiger partial charge in [-0.1, -0.05) is 19.9 Å². The fraction of sp³-hybridized carbons (Fsp3) is 0.348. The van der Waals surface area contributed by atoms with Crippen LogP contribution in [0.3, 0.4) is 0 Å². The zero-order valence-electron chi connectivity index (χ0n) is 18.3. The normalized spacial score (nSPS) is 15.5. The van der Waals surface area contributed by atoms with Crippen molar-refractivity contribution < 1.29 is 19.3 Å². The number of aryl methyl sites for hydroxylation is 1. The number of hydrogen-bond acceptors (Lipinski definition) is 5. The first-order valence-corrected chi connectivity index (χ1v) is 10.4. The summed E-state index contributed by atoms with van der Waals surface area (Å²) in [6, 6.07) is 10.4. The molecule has 32 heavy (non-hydrogen) atoms. The largest absolute Gasteiger partial charge is 0.327 e. The second-order valence-corrected chi connectivity index (χ2v) is 8.13. The van der Waals surface area contributed by atoms with Crippen molar-refractivity contribution in [2.45, 2.75) is 39.7 Å². The Bertz CT molecular complexity index is 1070. The molecule has 2 N–H and O–H groups in total. The lowest BCUT2D eigenvalue weighted by molar-refractivity contribution is -0.385. The Morgan fingerprint density at radius 3 is 2.41 bits per heavy atom. The summed E-state index contributed by atoms with van der Waals surface area (Å²) in [5.41, 5.74) is 1.73. The SMILES string of the molecule is Cc1cc(C(=O)N2CCCC2C(=O)Nc2cccc(NC(=O)C(C)C)c2)ccc1[N+](=O)[O-]. The second kappa shape index (κ2) is 9.59. The number of hydrogen-bond donors (Lipinski definition) is 2. The third kappa shape index (κ3) is 5.11. The van der Waals surface area contributed by atoms with Crippen LogP contribution in [0.15, 0.2) is 42.5 Å². The average molecular weight is 438 g/mol. The first-order valence-electron chi connectivity index (χ1n) is 10.4. The van der Waals surface area contributed by atoms with Gasteiger partial charge in [0, 0.05) is 41.0 Å². The number of nitrogens with zero attached hydrogens (tertiary/aromatic N) is 2. The Morgan fingerprint density at radius 1 is 1.09 bits per heavy atom. The molecular weight excluding hydrogens is 412 g/mol. The molecule has 3 amide bonds. The molecule has 1 aliphatic rings. The molecule has 0 aromatic heterocycles. The van der Waals surface area contributed by atoms with Crippen LogP contribution < -0.4 is 10.6 Å². The van der Waals surface area contributed by atoms with E-state index in [1.165, 1.54) is 23.1 Å². The van der Waals surface area contributed by atoms with Crippen LogP contribution in [0.25, 0.3) is 0 Å². The van der Waals surface area contributed by atoms with Gasteiger partial charge >= 0.3 is 0 Å². The molecule has 2 aromatic carbocycles. The summed E-state index contributed by atoms with van der Waals surface area (Å²) < 4.78 is 0. The molecule has 0 bridgehead atoms. The Labute approximate surface area is 185 Å². The van der Waals surface area contributed by atoms with Gasteiger partial charge < -0.3 is 15.5 Å². The van der Waals surface area contributed by atoms with Crippen LogP contribution in [0.2, 0.25) is 0 Å². The minimum atomic E-state index is -0.646. The highest BCUT2D eigenvalue weighted by molar-refractivity contribution is 6.02. The summed E-state index contributed by atoms with van der Waals surface area (Å²) in [6.45, 7) is 5.59. The van der Waals surface area contributed by atoms with E-state index in [1.54, 1.807) is 45.0 Å². The topological polar surface area (TPSA) is 122 Å². The first kappa shape index (κ1) is 22.9. The summed E-state index contributed by atoms with van der Waals surface area (Å²) in [7, 11) is 0. The summed E-state index contributed by atoms with van der Waals surface area (Å²) in [5, 5.41) is 16.6. The molecule has 2 aromatic rings. The van der Waals surface area contributed by atoms with Crippen molar-refractivity contribution in [2.24, 2.45) is 5.92 Å². The van der Waals surface area contributed by atoms with Crippen LogP contribution in [0.4, 0.5) is 17.1 Å². The number of benzene rings is 2. The van der Waals surface area contributed by atoms with Crippen molar-refractivity contribution in [2.75, 3.05) is 17.2 Å². The number of nitrogens with one attached hydrogen (secondary N) is 2. The quantitative estimate of drug-likeness (QED) is 0.526. The lowest BCUT2D eigenvalue weighted by atomic mass is 10.1. The fourth-order valence-electron chi connectivity index (χ4n) is 3.63. The molecule has 0 saturated carbocycles. The van der Waals surface area contributed by atoms with E-state index in [0.29, 0.717) is 41.9 Å². The molecule has 1 saturated heterocycles. The van der Waals surface area contributed by atoms with Crippen molar-refractivity contribution >= 4 is 34.8 Å². The van der Waals surface area contributed by atoms with E-state index in [0.717, 1.165) is 0 Å². The minimum Gasteiger partial charge on any atom is -0.327 e. The van der Waals surface area contributed by atoms with E-state index in [1.807, 2.05) is 0 Å². The predicted octanol–water partition coefficient (Wildman–Crippen LogP) is 3.74. The van der Waals surface area contributed by atoms with E-state index in [9.17, 15) is 24.5 Å². The summed E-state index contributed by atoms with van der Waals surface area (Å²) >= 11 is 0. The van der Waals surface area contributed by atoms with Crippen LogP contribution in [0.5, 0.6) is 0 Å². The van der Waals surface area contributed by atoms with Gasteiger partial charge in [-0.2, -0.15) is 0 Å². The van der Waals surface area contributed by atoms with E-state index in [2.05, 4.69) is 10.6 Å². The van der Waals surface area contributed by atoms with Gasteiger partial charge in [-0.15, -0.1) is 0 Å². The van der Waals surface area contributed by atoms with Crippen LogP contribution in [0.1, 0.15) is 42.6 Å². The van der Waals surface area contributed by atoms with Gasteiger partial charge in [-0.3, -0.25) is 24.5 Å². The number of nitro benzene ring substituents is 1. The molecule has 1 fully saturated rings. The van der Waals surface area contributed by atoms with Crippen molar-refractivity contribution in [3.8, 4) is 0 Å². The van der Waals surface area contributed by atoms with E-state index < -0.39 is 11.0 Å². The van der Waals surface area contributed by atoms with Crippen molar-refractivity contribution in [1.82, 2.24) is 4.90 Å². The van der Waals surface area contributed by atoms with Gasteiger partial charge in [0.05, 0.1) is 4.92 Å². The monoisotopic (exact) mass is 438 g/mol. The maximum atomic E-state index is 13.0. The molecule has 9 heteroatoms. The fourth-order valence-corrected chi connectivity index (χ4v) is 3.63. The molecule has 0 aliphatic carbocycles. The highest BCUT2D eigenvalue weighted by Crippen LogP contribution is 2.25. The van der Waals surface area contributed by atoms with Gasteiger partial charge in [0.15, 0.2) is 0 Å². The van der Waals surface area contributed by atoms with Crippen molar-refractivity contribution in [3.05, 3.63) is 63.7 Å². The molecular formula is C23H26N4O5. The van der Waals surface area contributed by atoms with E-state index in [-0.39, 0.29) is 29.3 Å². The lowest BCUT2D eigenvalue weighted by Crippen LogP contribution is -2.43. The number of carbonyl (C=O) groups excluding carboxylic acids is 3. The van der Waals surface area contributed by atoms with Gasteiger partial charge in [-0.25, -0.2) is 0 Å². The van der Waals surface area contributed by atoms with Crippen molar-refractivity contribution in [1.29, 1.82) is 0 Å². The van der Waals surface area contributed by atoms with Crippen LogP contribution in [0, 0.1) is 23.0 Å². The first-order chi connectivity index (χ1) is 15.2. The van der Waals surface area contributed by atoms with Gasteiger partial charge in [0.25, 0.3) is 11.6 Å². The van der Waals surface area contributed by atoms with E-state index >= 15 is 0 Å². The maximum Gasteiger partial charge on any atom is 0.272 e. The van der Waals surface area contributed by atoms with Crippen LogP contribution in [-0.4, -0.2) is 40.1 Å². The number of amides is 3. The molecule has 0 radical (unpaired) electrons. The molecule has 1 atom stereocenters. The maximum absolute atomic E-state index is 13.0. The molecule has 3 rings (SSSR count). The summed E-state index contributed by atoms with van der Waals surface area (Å²) in [4.78, 5) is 49.9. The minimum absolute atomic E-state index is 0.0540. The van der Waals surface area contributed by atoms with Crippen molar-refractivity contribution in [3.63, 3.8) is 0 Å². The molecule has 1 unspecified atom stereocenters. The molecule has 1 heterocycles.